The normalized spacial score (nSPS) is 17.3. The Bertz CT molecular complexity index is 1340. The molecule has 4 atom stereocenters. The van der Waals surface area contributed by atoms with Crippen LogP contribution in [-0.4, -0.2) is 88.1 Å². The first-order chi connectivity index (χ1) is 22.9. The van der Waals surface area contributed by atoms with Gasteiger partial charge in [0.2, 0.25) is 11.7 Å². The molecule has 1 fully saturated rings. The minimum absolute atomic E-state index is 0.0410. The van der Waals surface area contributed by atoms with E-state index < -0.39 is 71.2 Å². The summed E-state index contributed by atoms with van der Waals surface area (Å²) in [6.07, 6.45) is 9.68. The van der Waals surface area contributed by atoms with Crippen LogP contribution in [0.25, 0.3) is 0 Å². The van der Waals surface area contributed by atoms with Gasteiger partial charge < -0.3 is 26.2 Å². The largest absolute Gasteiger partial charge is 0.349 e. The molecule has 0 aliphatic heterocycles. The van der Waals surface area contributed by atoms with Gasteiger partial charge in [-0.2, -0.15) is 0 Å². The minimum Gasteiger partial charge on any atom is -0.349 e. The first-order valence-electron chi connectivity index (χ1n) is 17.7. The maximum atomic E-state index is 14.5. The van der Waals surface area contributed by atoms with E-state index >= 15 is 0 Å². The zero-order valence-corrected chi connectivity index (χ0v) is 34.8. The lowest BCUT2D eigenvalue weighted by molar-refractivity contribution is -0.143. The highest BCUT2D eigenvalue weighted by atomic mass is 127. The van der Waals surface area contributed by atoms with Crippen LogP contribution >= 0.6 is 22.6 Å². The molecule has 0 radical (unpaired) electrons. The summed E-state index contributed by atoms with van der Waals surface area (Å²) in [5.41, 5.74) is -1.80. The summed E-state index contributed by atoms with van der Waals surface area (Å²) in [4.78, 5) is 69.0. The number of ketones is 1. The second kappa shape index (κ2) is 19.4. The van der Waals surface area contributed by atoms with Crippen molar-refractivity contribution >= 4 is 62.0 Å². The molecule has 0 aromatic rings. The molecule has 50 heavy (non-hydrogen) atoms. The Labute approximate surface area is 314 Å². The third-order valence-electron chi connectivity index (χ3n) is 9.34. The fourth-order valence-electron chi connectivity index (χ4n) is 5.51. The number of alkyl halides is 1. The third-order valence-corrected chi connectivity index (χ3v) is 13.4. The summed E-state index contributed by atoms with van der Waals surface area (Å²) in [5, 5.41) is 11.0. The van der Waals surface area contributed by atoms with Crippen molar-refractivity contribution in [2.24, 2.45) is 17.3 Å². The number of halogens is 1. The number of nitrogens with zero attached hydrogens (tertiary/aromatic N) is 1. The van der Waals surface area contributed by atoms with Crippen LogP contribution in [0.4, 0.5) is 4.79 Å². The maximum Gasteiger partial charge on any atom is 0.315 e. The molecular formula is C36H62IN5O7S. The lowest BCUT2D eigenvalue weighted by Gasteiger charge is -2.41. The van der Waals surface area contributed by atoms with Crippen LogP contribution < -0.4 is 21.3 Å². The van der Waals surface area contributed by atoms with Gasteiger partial charge in [0.25, 0.3) is 11.8 Å². The highest BCUT2D eigenvalue weighted by Crippen LogP contribution is 2.33. The molecule has 0 bridgehead atoms. The molecule has 14 heteroatoms. The number of rotatable bonds is 17. The predicted octanol–water partition coefficient (Wildman–Crippen LogP) is 4.49. The van der Waals surface area contributed by atoms with E-state index in [2.05, 4.69) is 27.2 Å². The van der Waals surface area contributed by atoms with Gasteiger partial charge in [-0.1, -0.05) is 67.7 Å². The van der Waals surface area contributed by atoms with Gasteiger partial charge in [-0.05, 0) is 86.3 Å². The van der Waals surface area contributed by atoms with Gasteiger partial charge in [0.05, 0.1) is 22.1 Å². The molecule has 0 aromatic heterocycles. The third kappa shape index (κ3) is 13.6. The summed E-state index contributed by atoms with van der Waals surface area (Å²) < 4.78 is 24.5. The predicted molar refractivity (Wildman–Crippen MR) is 206 cm³/mol. The van der Waals surface area contributed by atoms with Crippen molar-refractivity contribution in [3.63, 3.8) is 0 Å². The molecule has 12 nitrogen and oxygen atoms in total. The van der Waals surface area contributed by atoms with E-state index in [4.69, 9.17) is 6.42 Å². The van der Waals surface area contributed by atoms with Crippen LogP contribution in [0.1, 0.15) is 121 Å². The lowest BCUT2D eigenvalue weighted by atomic mass is 9.83. The van der Waals surface area contributed by atoms with Gasteiger partial charge in [0.1, 0.15) is 6.04 Å². The van der Waals surface area contributed by atoms with E-state index in [0.29, 0.717) is 25.8 Å². The van der Waals surface area contributed by atoms with Gasteiger partial charge in [-0.3, -0.25) is 19.2 Å². The Kier molecular flexibility index (Phi) is 17.7. The van der Waals surface area contributed by atoms with Gasteiger partial charge in [-0.25, -0.2) is 13.2 Å². The van der Waals surface area contributed by atoms with Crippen LogP contribution in [0.3, 0.4) is 0 Å². The number of Topliss-reactive ketones (excluding diaryl/α,β-unsaturated/α-hetero) is 1. The SMILES string of the molecule is C#CCCC(NC(=O)[C@H](I)N(C[C@@H](C)C(C)C)C(=O)[C@@H](NC(=O)NC1(CS(=O)(=O)C(C)(C)C)CCCCC1)C(C)(C)C)C(=O)C(=O)NCCC. The molecule has 1 aliphatic carbocycles. The summed E-state index contributed by atoms with van der Waals surface area (Å²) >= 11 is 1.85. The molecule has 1 unspecified atom stereocenters. The molecule has 0 heterocycles. The number of terminal acetylenes is 1. The quantitative estimate of drug-likeness (QED) is 0.0550. The van der Waals surface area contributed by atoms with Crippen molar-refractivity contribution in [2.75, 3.05) is 18.8 Å². The fraction of sp³-hybridized carbons (Fsp3) is 0.806. The minimum atomic E-state index is -3.59. The molecular weight excluding hydrogens is 773 g/mol. The van der Waals surface area contributed by atoms with Crippen molar-refractivity contribution in [2.45, 2.75) is 147 Å². The highest BCUT2D eigenvalue weighted by molar-refractivity contribution is 14.1. The Morgan fingerprint density at radius 1 is 0.960 bits per heavy atom. The summed E-state index contributed by atoms with van der Waals surface area (Å²) in [7, 11) is -3.59. The summed E-state index contributed by atoms with van der Waals surface area (Å²) in [5.74, 6) is -0.498. The van der Waals surface area contributed by atoms with Gasteiger partial charge in [0.15, 0.2) is 13.9 Å². The number of hydrogen-bond donors (Lipinski definition) is 4. The summed E-state index contributed by atoms with van der Waals surface area (Å²) in [6, 6.07) is -2.95. The summed E-state index contributed by atoms with van der Waals surface area (Å²) in [6.45, 7) is 18.6. The molecule has 0 spiro atoms. The zero-order chi connectivity index (χ0) is 38.7. The maximum absolute atomic E-state index is 14.5. The number of carbonyl (C=O) groups excluding carboxylic acids is 5. The number of hydrogen-bond acceptors (Lipinski definition) is 7. The van der Waals surface area contributed by atoms with Crippen molar-refractivity contribution in [1.82, 2.24) is 26.2 Å². The standard InChI is InChI=1S/C36H62IN5O7S/c1-12-14-18-26(27(43)30(44)38-21-13-2)39-31(45)29(37)42(22-25(5)24(3)4)32(46)28(34(6,7)8)40-33(47)41-36(19-16-15-17-20-36)23-50(48,49)35(9,10)11/h1,24-26,28-29H,13-23H2,2-11H3,(H,38,44)(H,39,45)(H2,40,41,47)/t25-,26?,28-,29-/m1/s1. The Hall–Kier alpha value is -2.41. The number of amides is 5. The zero-order valence-electron chi connectivity index (χ0n) is 31.8. The van der Waals surface area contributed by atoms with Gasteiger partial charge >= 0.3 is 6.03 Å². The van der Waals surface area contributed by atoms with Crippen molar-refractivity contribution in [1.29, 1.82) is 0 Å². The van der Waals surface area contributed by atoms with E-state index in [9.17, 15) is 32.4 Å². The number of sulfone groups is 1. The topological polar surface area (TPSA) is 171 Å². The van der Waals surface area contributed by atoms with E-state index in [1.165, 1.54) is 4.90 Å². The second-order valence-electron chi connectivity index (χ2n) is 16.1. The van der Waals surface area contributed by atoms with E-state index in [-0.39, 0.29) is 37.0 Å². The van der Waals surface area contributed by atoms with Crippen LogP contribution in [-0.2, 0) is 29.0 Å². The highest BCUT2D eigenvalue weighted by Gasteiger charge is 2.45. The molecule has 5 amide bonds. The first kappa shape index (κ1) is 45.6. The molecule has 1 aliphatic rings. The average molecular weight is 836 g/mol. The fourth-order valence-corrected chi connectivity index (χ4v) is 7.72. The smallest absolute Gasteiger partial charge is 0.315 e. The van der Waals surface area contributed by atoms with E-state index in [1.54, 1.807) is 41.5 Å². The Balaban J connectivity index is 3.45. The molecule has 4 N–H and O–H groups in total. The Morgan fingerprint density at radius 3 is 2.02 bits per heavy atom. The van der Waals surface area contributed by atoms with Crippen molar-refractivity contribution in [3.8, 4) is 12.3 Å². The van der Waals surface area contributed by atoms with Crippen LogP contribution in [0, 0.1) is 29.6 Å². The molecule has 0 saturated heterocycles. The van der Waals surface area contributed by atoms with E-state index in [0.717, 1.165) is 19.3 Å². The van der Waals surface area contributed by atoms with Crippen LogP contribution in [0.2, 0.25) is 0 Å². The average Bonchev–Trinajstić information content (AvgIpc) is 3.00. The molecule has 286 valence electrons. The van der Waals surface area contributed by atoms with Crippen LogP contribution in [0.5, 0.6) is 0 Å². The van der Waals surface area contributed by atoms with Crippen molar-refractivity contribution < 1.29 is 32.4 Å². The molecule has 1 rings (SSSR count). The monoisotopic (exact) mass is 835 g/mol. The number of nitrogens with one attached hydrogen (secondary N) is 4. The first-order valence-corrected chi connectivity index (χ1v) is 20.6. The van der Waals surface area contributed by atoms with Crippen molar-refractivity contribution in [3.05, 3.63) is 0 Å². The van der Waals surface area contributed by atoms with E-state index in [1.807, 2.05) is 50.3 Å². The van der Waals surface area contributed by atoms with Crippen LogP contribution in [0.15, 0.2) is 0 Å². The lowest BCUT2D eigenvalue weighted by Crippen LogP contribution is -2.64. The Morgan fingerprint density at radius 2 is 1.54 bits per heavy atom. The number of carbonyl (C=O) groups is 5. The molecule has 0 aromatic carbocycles. The second-order valence-corrected chi connectivity index (χ2v) is 20.0. The molecule has 1 saturated carbocycles. The van der Waals surface area contributed by atoms with Gasteiger partial charge in [-0.15, -0.1) is 12.3 Å². The number of urea groups is 1. The van der Waals surface area contributed by atoms with Gasteiger partial charge in [0, 0.05) is 19.5 Å².